The van der Waals surface area contributed by atoms with Crippen molar-refractivity contribution >= 4 is 11.8 Å². The van der Waals surface area contributed by atoms with Crippen LogP contribution in [0.25, 0.3) is 0 Å². The Morgan fingerprint density at radius 1 is 1.05 bits per heavy atom. The van der Waals surface area contributed by atoms with Gasteiger partial charge in [-0.1, -0.05) is 30.3 Å². The minimum absolute atomic E-state index is 0.757. The van der Waals surface area contributed by atoms with Crippen LogP contribution in [0.5, 0.6) is 0 Å². The molecule has 0 bridgehead atoms. The molecule has 1 N–H and O–H groups in total. The molecule has 0 atom stereocenters. The van der Waals surface area contributed by atoms with Crippen LogP contribution in [-0.4, -0.2) is 34.8 Å². The van der Waals surface area contributed by atoms with Crippen LogP contribution >= 0.6 is 0 Å². The summed E-state index contributed by atoms with van der Waals surface area (Å²) < 4.78 is 0. The summed E-state index contributed by atoms with van der Waals surface area (Å²) in [4.78, 5) is 6.81. The number of anilines is 2. The first kappa shape index (κ1) is 14.8. The summed E-state index contributed by atoms with van der Waals surface area (Å²) >= 11 is 0. The van der Waals surface area contributed by atoms with E-state index in [1.807, 2.05) is 0 Å². The number of hydrogen-bond acceptors (Lipinski definition) is 5. The third-order valence-electron chi connectivity index (χ3n) is 3.98. The summed E-state index contributed by atoms with van der Waals surface area (Å²) in [6.07, 6.45) is 7.60. The fourth-order valence-electron chi connectivity index (χ4n) is 2.76. The molecule has 5 nitrogen and oxygen atoms in total. The molecular formula is C17H23N5. The second-order valence-electron chi connectivity index (χ2n) is 5.71. The van der Waals surface area contributed by atoms with Gasteiger partial charge < -0.3 is 10.2 Å². The number of nitrogens with zero attached hydrogens (tertiary/aromatic N) is 4. The smallest absolute Gasteiger partial charge is 0.247 e. The zero-order valence-corrected chi connectivity index (χ0v) is 12.9. The van der Waals surface area contributed by atoms with Gasteiger partial charge in [0.15, 0.2) is 5.82 Å². The van der Waals surface area contributed by atoms with Crippen molar-refractivity contribution in [2.24, 2.45) is 0 Å². The van der Waals surface area contributed by atoms with Gasteiger partial charge in [-0.25, -0.2) is 0 Å². The first-order valence-corrected chi connectivity index (χ1v) is 8.14. The van der Waals surface area contributed by atoms with Crippen molar-refractivity contribution in [2.45, 2.75) is 32.1 Å². The Bertz CT molecular complexity index is 566. The monoisotopic (exact) mass is 297 g/mol. The highest BCUT2D eigenvalue weighted by Crippen LogP contribution is 2.15. The average molecular weight is 297 g/mol. The summed E-state index contributed by atoms with van der Waals surface area (Å²) in [5.41, 5.74) is 1.37. The SMILES string of the molecule is c1ccc(CCCNc2cnnc(N3CCCCC3)n2)cc1. The molecule has 5 heteroatoms. The summed E-state index contributed by atoms with van der Waals surface area (Å²) in [6, 6.07) is 10.6. The molecule has 0 aliphatic carbocycles. The highest BCUT2D eigenvalue weighted by atomic mass is 15.3. The average Bonchev–Trinajstić information content (AvgIpc) is 2.61. The second-order valence-corrected chi connectivity index (χ2v) is 5.71. The number of aromatic nitrogens is 3. The quantitative estimate of drug-likeness (QED) is 0.831. The van der Waals surface area contributed by atoms with Crippen LogP contribution in [0.1, 0.15) is 31.2 Å². The molecular weight excluding hydrogens is 274 g/mol. The van der Waals surface area contributed by atoms with Crippen LogP contribution in [0.3, 0.4) is 0 Å². The predicted molar refractivity (Wildman–Crippen MR) is 89.1 cm³/mol. The van der Waals surface area contributed by atoms with E-state index in [9.17, 15) is 0 Å². The van der Waals surface area contributed by atoms with Crippen molar-refractivity contribution in [2.75, 3.05) is 29.9 Å². The number of hydrogen-bond donors (Lipinski definition) is 1. The molecule has 0 amide bonds. The zero-order valence-electron chi connectivity index (χ0n) is 12.9. The van der Waals surface area contributed by atoms with Crippen molar-refractivity contribution in [3.8, 4) is 0 Å². The van der Waals surface area contributed by atoms with Crippen LogP contribution in [0.15, 0.2) is 36.5 Å². The van der Waals surface area contributed by atoms with Crippen molar-refractivity contribution in [1.82, 2.24) is 15.2 Å². The Balaban J connectivity index is 1.48. The van der Waals surface area contributed by atoms with Gasteiger partial charge in [-0.15, -0.1) is 5.10 Å². The number of benzene rings is 1. The van der Waals surface area contributed by atoms with Gasteiger partial charge in [0.1, 0.15) is 0 Å². The molecule has 0 unspecified atom stereocenters. The third-order valence-corrected chi connectivity index (χ3v) is 3.98. The molecule has 1 aromatic heterocycles. The van der Waals surface area contributed by atoms with Gasteiger partial charge >= 0.3 is 0 Å². The van der Waals surface area contributed by atoms with Crippen molar-refractivity contribution in [3.63, 3.8) is 0 Å². The molecule has 22 heavy (non-hydrogen) atoms. The van der Waals surface area contributed by atoms with Crippen LogP contribution in [0.2, 0.25) is 0 Å². The Kier molecular flexibility index (Phi) is 5.18. The zero-order chi connectivity index (χ0) is 15.0. The third kappa shape index (κ3) is 4.16. The largest absolute Gasteiger partial charge is 0.369 e. The van der Waals surface area contributed by atoms with Crippen molar-refractivity contribution in [3.05, 3.63) is 42.1 Å². The molecule has 2 heterocycles. The fourth-order valence-corrected chi connectivity index (χ4v) is 2.76. The number of nitrogens with one attached hydrogen (secondary N) is 1. The maximum atomic E-state index is 4.58. The first-order chi connectivity index (χ1) is 10.9. The molecule has 0 radical (unpaired) electrons. The number of rotatable bonds is 6. The molecule has 0 spiro atoms. The Morgan fingerprint density at radius 3 is 2.68 bits per heavy atom. The highest BCUT2D eigenvalue weighted by molar-refractivity contribution is 5.39. The summed E-state index contributed by atoms with van der Waals surface area (Å²) in [5.74, 6) is 1.58. The van der Waals surface area contributed by atoms with Gasteiger partial charge in [0, 0.05) is 19.6 Å². The fraction of sp³-hybridized carbons (Fsp3) is 0.471. The molecule has 1 aliphatic rings. The Morgan fingerprint density at radius 2 is 1.86 bits per heavy atom. The summed E-state index contributed by atoms with van der Waals surface area (Å²) in [7, 11) is 0. The Hall–Kier alpha value is -2.17. The van der Waals surface area contributed by atoms with E-state index in [2.05, 4.69) is 55.7 Å². The lowest BCUT2D eigenvalue weighted by Gasteiger charge is -2.26. The van der Waals surface area contributed by atoms with E-state index >= 15 is 0 Å². The van der Waals surface area contributed by atoms with Gasteiger partial charge in [-0.05, 0) is 37.7 Å². The number of aryl methyl sites for hydroxylation is 1. The van der Waals surface area contributed by atoms with Crippen LogP contribution in [0, 0.1) is 0 Å². The lowest BCUT2D eigenvalue weighted by Crippen LogP contribution is -2.31. The maximum Gasteiger partial charge on any atom is 0.247 e. The van der Waals surface area contributed by atoms with E-state index in [1.54, 1.807) is 6.20 Å². The van der Waals surface area contributed by atoms with Gasteiger partial charge in [0.2, 0.25) is 5.95 Å². The first-order valence-electron chi connectivity index (χ1n) is 8.14. The topological polar surface area (TPSA) is 53.9 Å². The minimum atomic E-state index is 0.757. The molecule has 1 saturated heterocycles. The molecule has 1 fully saturated rings. The van der Waals surface area contributed by atoms with E-state index in [0.717, 1.165) is 44.2 Å². The van der Waals surface area contributed by atoms with E-state index in [4.69, 9.17) is 0 Å². The summed E-state index contributed by atoms with van der Waals surface area (Å²) in [6.45, 7) is 2.98. The lowest BCUT2D eigenvalue weighted by atomic mass is 10.1. The van der Waals surface area contributed by atoms with E-state index in [0.29, 0.717) is 0 Å². The molecule has 1 aromatic carbocycles. The van der Waals surface area contributed by atoms with E-state index < -0.39 is 0 Å². The van der Waals surface area contributed by atoms with Gasteiger partial charge in [0.25, 0.3) is 0 Å². The van der Waals surface area contributed by atoms with E-state index in [1.165, 1.54) is 24.8 Å². The molecule has 2 aromatic rings. The highest BCUT2D eigenvalue weighted by Gasteiger charge is 2.14. The minimum Gasteiger partial charge on any atom is -0.369 e. The molecule has 3 rings (SSSR count). The lowest BCUT2D eigenvalue weighted by molar-refractivity contribution is 0.565. The van der Waals surface area contributed by atoms with Crippen LogP contribution in [0.4, 0.5) is 11.8 Å². The van der Waals surface area contributed by atoms with Gasteiger partial charge in [-0.3, -0.25) is 0 Å². The maximum absolute atomic E-state index is 4.58. The molecule has 0 saturated carbocycles. The molecule has 116 valence electrons. The van der Waals surface area contributed by atoms with Crippen LogP contribution < -0.4 is 10.2 Å². The summed E-state index contributed by atoms with van der Waals surface area (Å²) in [5, 5.41) is 11.6. The molecule has 1 aliphatic heterocycles. The normalized spacial score (nSPS) is 14.8. The second kappa shape index (κ2) is 7.73. The van der Waals surface area contributed by atoms with Gasteiger partial charge in [-0.2, -0.15) is 10.1 Å². The standard InChI is InChI=1S/C17H23N5/c1-3-8-15(9-4-1)10-7-11-18-16-14-19-21-17(20-16)22-12-5-2-6-13-22/h1,3-4,8-9,14H,2,5-7,10-13H2,(H,18,20,21). The van der Waals surface area contributed by atoms with Gasteiger partial charge in [0.05, 0.1) is 6.20 Å². The van der Waals surface area contributed by atoms with Crippen LogP contribution in [-0.2, 0) is 6.42 Å². The predicted octanol–water partition coefficient (Wildman–Crippen LogP) is 2.91. The van der Waals surface area contributed by atoms with E-state index in [-0.39, 0.29) is 0 Å². The Labute approximate surface area is 131 Å². The number of piperidine rings is 1. The van der Waals surface area contributed by atoms with Crippen molar-refractivity contribution in [1.29, 1.82) is 0 Å². The van der Waals surface area contributed by atoms with Crippen molar-refractivity contribution < 1.29 is 0 Å².